The monoisotopic (exact) mass is 421 g/mol. The molecule has 3 aromatic rings. The first-order valence-electron chi connectivity index (χ1n) is 10.6. The Morgan fingerprint density at radius 3 is 2.42 bits per heavy atom. The molecule has 0 atom stereocenters. The third-order valence-corrected chi connectivity index (χ3v) is 5.87. The van der Waals surface area contributed by atoms with Crippen molar-refractivity contribution in [1.82, 2.24) is 4.90 Å². The van der Waals surface area contributed by atoms with Crippen LogP contribution in [0.3, 0.4) is 0 Å². The molecule has 1 aliphatic heterocycles. The molecule has 162 valence electrons. The number of nitrogens with zero attached hydrogens (tertiary/aromatic N) is 1. The number of benzene rings is 2. The van der Waals surface area contributed by atoms with Gasteiger partial charge in [-0.2, -0.15) is 0 Å². The van der Waals surface area contributed by atoms with Gasteiger partial charge in [0.1, 0.15) is 22.6 Å². The van der Waals surface area contributed by atoms with Crippen LogP contribution in [-0.2, 0) is 6.42 Å². The average Bonchev–Trinajstić information content (AvgIpc) is 2.82. The first-order chi connectivity index (χ1) is 15.1. The summed E-state index contributed by atoms with van der Waals surface area (Å²) in [4.78, 5) is 28.0. The largest absolute Gasteiger partial charge is 0.496 e. The minimum atomic E-state index is -0.679. The van der Waals surface area contributed by atoms with Crippen molar-refractivity contribution in [1.29, 1.82) is 0 Å². The van der Waals surface area contributed by atoms with Crippen molar-refractivity contribution in [3.05, 3.63) is 69.6 Å². The molecule has 4 rings (SSSR count). The minimum absolute atomic E-state index is 0.0166. The molecule has 0 spiro atoms. The highest BCUT2D eigenvalue weighted by atomic mass is 16.5. The van der Waals surface area contributed by atoms with Crippen molar-refractivity contribution >= 4 is 16.8 Å². The molecular weight excluding hydrogens is 394 g/mol. The number of piperidine rings is 1. The van der Waals surface area contributed by atoms with Gasteiger partial charge in [-0.15, -0.1) is 0 Å². The molecule has 0 N–H and O–H groups in total. The van der Waals surface area contributed by atoms with Gasteiger partial charge in [-0.05, 0) is 44.0 Å². The molecule has 1 fully saturated rings. The Labute approximate surface area is 181 Å². The number of ketones is 1. The fourth-order valence-corrected chi connectivity index (χ4v) is 4.06. The molecule has 0 saturated carbocycles. The van der Waals surface area contributed by atoms with Crippen LogP contribution in [0.25, 0.3) is 11.0 Å². The van der Waals surface area contributed by atoms with Crippen LogP contribution in [-0.4, -0.2) is 44.5 Å². The SMILES string of the molecule is COc1cc(OC)c2cc(C(=O)c3ccc(CCN4CCCCC4)cc3)c(=O)oc2c1. The average molecular weight is 421 g/mol. The molecule has 31 heavy (non-hydrogen) atoms. The molecule has 2 heterocycles. The Bertz CT molecular complexity index is 1130. The smallest absolute Gasteiger partial charge is 0.347 e. The van der Waals surface area contributed by atoms with Crippen LogP contribution in [0.5, 0.6) is 11.5 Å². The van der Waals surface area contributed by atoms with E-state index in [0.29, 0.717) is 28.0 Å². The molecule has 1 aromatic heterocycles. The van der Waals surface area contributed by atoms with Gasteiger partial charge in [-0.25, -0.2) is 4.79 Å². The predicted octanol–water partition coefficient (Wildman–Crippen LogP) is 4.07. The zero-order valence-corrected chi connectivity index (χ0v) is 18.0. The van der Waals surface area contributed by atoms with Crippen molar-refractivity contribution in [2.75, 3.05) is 33.9 Å². The topological polar surface area (TPSA) is 69.0 Å². The molecule has 0 amide bonds. The Morgan fingerprint density at radius 2 is 1.74 bits per heavy atom. The van der Waals surface area contributed by atoms with E-state index >= 15 is 0 Å². The van der Waals surface area contributed by atoms with E-state index in [1.54, 1.807) is 24.3 Å². The van der Waals surface area contributed by atoms with Gasteiger partial charge in [-0.1, -0.05) is 30.7 Å². The summed E-state index contributed by atoms with van der Waals surface area (Å²) in [5, 5.41) is 0.546. The fraction of sp³-hybridized carbons (Fsp3) is 0.360. The van der Waals surface area contributed by atoms with E-state index in [0.717, 1.165) is 13.0 Å². The van der Waals surface area contributed by atoms with Gasteiger partial charge >= 0.3 is 5.63 Å². The number of hydrogen-bond acceptors (Lipinski definition) is 6. The summed E-state index contributed by atoms with van der Waals surface area (Å²) >= 11 is 0. The van der Waals surface area contributed by atoms with E-state index in [4.69, 9.17) is 13.9 Å². The molecule has 1 saturated heterocycles. The second-order valence-corrected chi connectivity index (χ2v) is 7.87. The van der Waals surface area contributed by atoms with E-state index in [1.807, 2.05) is 12.1 Å². The number of fused-ring (bicyclic) bond motifs is 1. The number of carbonyl (C=O) groups is 1. The summed E-state index contributed by atoms with van der Waals surface area (Å²) < 4.78 is 16.0. The highest BCUT2D eigenvalue weighted by molar-refractivity contribution is 6.10. The number of likely N-dealkylation sites (tertiary alicyclic amines) is 1. The van der Waals surface area contributed by atoms with Crippen LogP contribution in [0.15, 0.2) is 51.7 Å². The lowest BCUT2D eigenvalue weighted by Gasteiger charge is -2.26. The molecule has 0 bridgehead atoms. The Hall–Kier alpha value is -3.12. The third kappa shape index (κ3) is 4.64. The van der Waals surface area contributed by atoms with Gasteiger partial charge in [0, 0.05) is 24.2 Å². The third-order valence-electron chi connectivity index (χ3n) is 5.87. The fourth-order valence-electron chi connectivity index (χ4n) is 4.06. The lowest BCUT2D eigenvalue weighted by molar-refractivity contribution is 0.103. The summed E-state index contributed by atoms with van der Waals surface area (Å²) in [6.07, 6.45) is 4.83. The van der Waals surface area contributed by atoms with Gasteiger partial charge in [-0.3, -0.25) is 4.79 Å². The van der Waals surface area contributed by atoms with Gasteiger partial charge in [0.05, 0.1) is 19.6 Å². The molecule has 2 aromatic carbocycles. The van der Waals surface area contributed by atoms with Crippen LogP contribution >= 0.6 is 0 Å². The number of carbonyl (C=O) groups excluding carboxylic acids is 1. The molecule has 0 unspecified atom stereocenters. The van der Waals surface area contributed by atoms with Crippen LogP contribution in [0, 0.1) is 0 Å². The molecular formula is C25H27NO5. The molecule has 6 heteroatoms. The van der Waals surface area contributed by atoms with Crippen LogP contribution < -0.4 is 15.1 Å². The summed E-state index contributed by atoms with van der Waals surface area (Å²) in [5.41, 5.74) is 1.26. The Kier molecular flexibility index (Phi) is 6.37. The standard InChI is InChI=1S/C25H27NO5/c1-29-19-14-22(30-2)20-16-21(25(28)31-23(20)15-19)24(27)18-8-6-17(7-9-18)10-13-26-11-4-3-5-12-26/h6-9,14-16H,3-5,10-13H2,1-2H3. The maximum Gasteiger partial charge on any atom is 0.347 e. The summed E-state index contributed by atoms with van der Waals surface area (Å²) in [5.74, 6) is 0.614. The molecule has 1 aliphatic rings. The number of methoxy groups -OCH3 is 2. The molecule has 0 aliphatic carbocycles. The van der Waals surface area contributed by atoms with Crippen LogP contribution in [0.2, 0.25) is 0 Å². The number of ether oxygens (including phenoxy) is 2. The highest BCUT2D eigenvalue weighted by Gasteiger charge is 2.18. The van der Waals surface area contributed by atoms with Gasteiger partial charge in [0.2, 0.25) is 0 Å². The summed E-state index contributed by atoms with van der Waals surface area (Å²) in [7, 11) is 3.04. The van der Waals surface area contributed by atoms with Gasteiger partial charge in [0.25, 0.3) is 0 Å². The zero-order chi connectivity index (χ0) is 21.8. The zero-order valence-electron chi connectivity index (χ0n) is 18.0. The molecule has 0 radical (unpaired) electrons. The quantitative estimate of drug-likeness (QED) is 0.423. The van der Waals surface area contributed by atoms with E-state index in [1.165, 1.54) is 58.2 Å². The van der Waals surface area contributed by atoms with Gasteiger partial charge in [0.15, 0.2) is 5.78 Å². The van der Waals surface area contributed by atoms with E-state index < -0.39 is 5.63 Å². The minimum Gasteiger partial charge on any atom is -0.496 e. The van der Waals surface area contributed by atoms with Crippen LogP contribution in [0.4, 0.5) is 0 Å². The first-order valence-corrected chi connectivity index (χ1v) is 10.6. The van der Waals surface area contributed by atoms with Gasteiger partial charge < -0.3 is 18.8 Å². The number of rotatable bonds is 7. The van der Waals surface area contributed by atoms with E-state index in [-0.39, 0.29) is 11.3 Å². The van der Waals surface area contributed by atoms with E-state index in [9.17, 15) is 9.59 Å². The van der Waals surface area contributed by atoms with Crippen molar-refractivity contribution < 1.29 is 18.7 Å². The number of hydrogen-bond donors (Lipinski definition) is 0. The lowest BCUT2D eigenvalue weighted by Crippen LogP contribution is -2.31. The second-order valence-electron chi connectivity index (χ2n) is 7.87. The summed E-state index contributed by atoms with van der Waals surface area (Å²) in [6, 6.07) is 12.3. The first kappa shape index (κ1) is 21.1. The Balaban J connectivity index is 1.55. The lowest BCUT2D eigenvalue weighted by atomic mass is 10.0. The van der Waals surface area contributed by atoms with Crippen molar-refractivity contribution in [3.8, 4) is 11.5 Å². The van der Waals surface area contributed by atoms with Crippen molar-refractivity contribution in [3.63, 3.8) is 0 Å². The predicted molar refractivity (Wildman–Crippen MR) is 119 cm³/mol. The normalized spacial score (nSPS) is 14.5. The maximum atomic E-state index is 13.0. The maximum absolute atomic E-state index is 13.0. The second kappa shape index (κ2) is 9.35. The summed E-state index contributed by atoms with van der Waals surface area (Å²) in [6.45, 7) is 3.37. The molecule has 6 nitrogen and oxygen atoms in total. The van der Waals surface area contributed by atoms with Crippen LogP contribution in [0.1, 0.15) is 40.7 Å². The van der Waals surface area contributed by atoms with Crippen molar-refractivity contribution in [2.24, 2.45) is 0 Å². The van der Waals surface area contributed by atoms with Crippen molar-refractivity contribution in [2.45, 2.75) is 25.7 Å². The van der Waals surface area contributed by atoms with E-state index in [2.05, 4.69) is 4.90 Å². The highest BCUT2D eigenvalue weighted by Crippen LogP contribution is 2.31. The Morgan fingerprint density at radius 1 is 1.00 bits per heavy atom.